The van der Waals surface area contributed by atoms with Gasteiger partial charge in [-0.1, -0.05) is 0 Å². The van der Waals surface area contributed by atoms with E-state index in [2.05, 4.69) is 37.2 Å². The Balaban J connectivity index is 1.77. The Bertz CT molecular complexity index is 340. The number of nitrogens with one attached hydrogen (secondary N) is 1. The zero-order valence-electron chi connectivity index (χ0n) is 11.0. The summed E-state index contributed by atoms with van der Waals surface area (Å²) in [5.74, 6) is 1.42. The van der Waals surface area contributed by atoms with Crippen molar-refractivity contribution in [1.29, 1.82) is 0 Å². The van der Waals surface area contributed by atoms with Gasteiger partial charge in [-0.15, -0.1) is 0 Å². The van der Waals surface area contributed by atoms with Gasteiger partial charge in [0.05, 0.1) is 0 Å². The lowest BCUT2D eigenvalue weighted by Gasteiger charge is -2.48. The van der Waals surface area contributed by atoms with Crippen LogP contribution in [0, 0.1) is 5.92 Å². The van der Waals surface area contributed by atoms with E-state index in [1.807, 2.05) is 0 Å². The predicted octanol–water partition coefficient (Wildman–Crippen LogP) is 1.64. The molecule has 4 heterocycles. The van der Waals surface area contributed by atoms with Crippen molar-refractivity contribution < 1.29 is 9.57 Å². The highest BCUT2D eigenvalue weighted by atomic mass is 16.7. The molecule has 3 fully saturated rings. The Kier molecular flexibility index (Phi) is 2.42. The maximum Gasteiger partial charge on any atom is 0.210 e. The lowest BCUT2D eigenvalue weighted by Crippen LogP contribution is -2.58. The highest BCUT2D eigenvalue weighted by molar-refractivity contribution is 5.17. The molecule has 17 heavy (non-hydrogen) atoms. The van der Waals surface area contributed by atoms with E-state index in [4.69, 9.17) is 9.57 Å². The van der Waals surface area contributed by atoms with Gasteiger partial charge in [-0.2, -0.15) is 0 Å². The molecule has 0 saturated carbocycles. The molecule has 0 aliphatic carbocycles. The van der Waals surface area contributed by atoms with Gasteiger partial charge >= 0.3 is 0 Å². The average molecular weight is 238 g/mol. The van der Waals surface area contributed by atoms with Crippen molar-refractivity contribution in [3.63, 3.8) is 0 Å². The first-order valence-corrected chi connectivity index (χ1v) is 6.55. The smallest absolute Gasteiger partial charge is 0.210 e. The summed E-state index contributed by atoms with van der Waals surface area (Å²) in [7, 11) is 0. The van der Waals surface area contributed by atoms with Crippen molar-refractivity contribution in [3.05, 3.63) is 12.0 Å². The molecule has 1 N–H and O–H groups in total. The summed E-state index contributed by atoms with van der Waals surface area (Å²) < 4.78 is 5.84. The fourth-order valence-electron chi connectivity index (χ4n) is 3.14. The van der Waals surface area contributed by atoms with Gasteiger partial charge < -0.3 is 4.74 Å². The molecule has 4 heteroatoms. The Morgan fingerprint density at radius 2 is 2.12 bits per heavy atom. The normalized spacial score (nSPS) is 40.3. The number of hydrogen-bond donors (Lipinski definition) is 1. The van der Waals surface area contributed by atoms with Gasteiger partial charge in [0.15, 0.2) is 0 Å². The van der Waals surface area contributed by atoms with Crippen LogP contribution in [0.3, 0.4) is 0 Å². The summed E-state index contributed by atoms with van der Waals surface area (Å²) in [5, 5.41) is 0. The second kappa shape index (κ2) is 3.62. The van der Waals surface area contributed by atoms with Gasteiger partial charge in [-0.25, -0.2) is 5.48 Å². The third-order valence-electron chi connectivity index (χ3n) is 3.88. The van der Waals surface area contributed by atoms with Gasteiger partial charge in [0.2, 0.25) is 5.88 Å². The highest BCUT2D eigenvalue weighted by Gasteiger charge is 2.50. The van der Waals surface area contributed by atoms with Gasteiger partial charge in [0.1, 0.15) is 11.2 Å². The van der Waals surface area contributed by atoms with Crippen LogP contribution < -0.4 is 5.48 Å². The van der Waals surface area contributed by atoms with Crippen LogP contribution in [0.25, 0.3) is 0 Å². The molecule has 1 spiro atoms. The summed E-state index contributed by atoms with van der Waals surface area (Å²) in [4.78, 5) is 8.35. The Labute approximate surface area is 103 Å². The Morgan fingerprint density at radius 1 is 1.41 bits per heavy atom. The SMILES string of the molecule is CC(C)(C)OC1=CC2(CN3CCC2CC3)ON1. The first-order chi connectivity index (χ1) is 7.97. The van der Waals surface area contributed by atoms with Gasteiger partial charge in [0, 0.05) is 12.6 Å². The van der Waals surface area contributed by atoms with Crippen LogP contribution in [0.4, 0.5) is 0 Å². The Morgan fingerprint density at radius 3 is 2.65 bits per heavy atom. The molecule has 0 aromatic heterocycles. The first kappa shape index (κ1) is 11.4. The second-order valence-corrected chi connectivity index (χ2v) is 6.43. The zero-order valence-corrected chi connectivity index (χ0v) is 11.0. The predicted molar refractivity (Wildman–Crippen MR) is 65.0 cm³/mol. The fraction of sp³-hybridized carbons (Fsp3) is 0.846. The van der Waals surface area contributed by atoms with Crippen molar-refractivity contribution in [2.45, 2.75) is 44.8 Å². The van der Waals surface area contributed by atoms with Crippen molar-refractivity contribution in [1.82, 2.24) is 10.4 Å². The van der Waals surface area contributed by atoms with E-state index in [0.29, 0.717) is 5.92 Å². The monoisotopic (exact) mass is 238 g/mol. The Hall–Kier alpha value is -0.740. The summed E-state index contributed by atoms with van der Waals surface area (Å²) in [6, 6.07) is 0. The molecule has 2 bridgehead atoms. The number of rotatable bonds is 1. The molecule has 1 unspecified atom stereocenters. The largest absolute Gasteiger partial charge is 0.472 e. The van der Waals surface area contributed by atoms with Crippen LogP contribution in [0.1, 0.15) is 33.6 Å². The summed E-state index contributed by atoms with van der Waals surface area (Å²) in [5.41, 5.74) is 2.65. The van der Waals surface area contributed by atoms with Crippen LogP contribution in [-0.2, 0) is 9.57 Å². The lowest BCUT2D eigenvalue weighted by molar-refractivity contribution is -0.146. The molecule has 4 aliphatic heterocycles. The van der Waals surface area contributed by atoms with Crippen LogP contribution in [0.15, 0.2) is 12.0 Å². The summed E-state index contributed by atoms with van der Waals surface area (Å²) >= 11 is 0. The van der Waals surface area contributed by atoms with Crippen molar-refractivity contribution >= 4 is 0 Å². The summed E-state index contributed by atoms with van der Waals surface area (Å²) in [6.07, 6.45) is 4.64. The molecule has 0 radical (unpaired) electrons. The van der Waals surface area contributed by atoms with E-state index in [-0.39, 0.29) is 11.2 Å². The number of nitrogens with zero attached hydrogens (tertiary/aromatic N) is 1. The van der Waals surface area contributed by atoms with Crippen LogP contribution >= 0.6 is 0 Å². The lowest BCUT2D eigenvalue weighted by atomic mass is 9.75. The van der Waals surface area contributed by atoms with Crippen molar-refractivity contribution in [2.75, 3.05) is 19.6 Å². The molecule has 96 valence electrons. The van der Waals surface area contributed by atoms with Crippen molar-refractivity contribution in [2.24, 2.45) is 5.92 Å². The topological polar surface area (TPSA) is 33.7 Å². The summed E-state index contributed by atoms with van der Waals surface area (Å²) in [6.45, 7) is 9.60. The second-order valence-electron chi connectivity index (χ2n) is 6.43. The molecule has 0 aromatic rings. The molecule has 0 aromatic carbocycles. The fourth-order valence-corrected chi connectivity index (χ4v) is 3.14. The van der Waals surface area contributed by atoms with Gasteiger partial charge in [-0.05, 0) is 52.6 Å². The standard InChI is InChI=1S/C13H22N2O2/c1-12(2,3)16-11-8-13(17-14-11)9-15-6-4-10(13)5-7-15/h8,10,14H,4-7,9H2,1-3H3. The minimum Gasteiger partial charge on any atom is -0.472 e. The van der Waals surface area contributed by atoms with Crippen LogP contribution in [-0.4, -0.2) is 35.7 Å². The quantitative estimate of drug-likeness (QED) is 0.753. The minimum atomic E-state index is -0.179. The number of hydroxylamine groups is 1. The van der Waals surface area contributed by atoms with E-state index in [1.54, 1.807) is 0 Å². The van der Waals surface area contributed by atoms with E-state index in [9.17, 15) is 0 Å². The molecule has 4 aliphatic rings. The zero-order chi connectivity index (χ0) is 12.1. The van der Waals surface area contributed by atoms with E-state index in [0.717, 1.165) is 12.4 Å². The molecule has 4 nitrogen and oxygen atoms in total. The van der Waals surface area contributed by atoms with E-state index >= 15 is 0 Å². The third-order valence-corrected chi connectivity index (χ3v) is 3.88. The maximum atomic E-state index is 5.86. The average Bonchev–Trinajstić information content (AvgIpc) is 2.60. The minimum absolute atomic E-state index is 0.142. The van der Waals surface area contributed by atoms with Gasteiger partial charge in [-0.3, -0.25) is 9.74 Å². The van der Waals surface area contributed by atoms with Crippen molar-refractivity contribution in [3.8, 4) is 0 Å². The molecule has 3 saturated heterocycles. The molecular weight excluding hydrogens is 216 g/mol. The van der Waals surface area contributed by atoms with Gasteiger partial charge in [0.25, 0.3) is 0 Å². The first-order valence-electron chi connectivity index (χ1n) is 6.55. The number of ether oxygens (including phenoxy) is 1. The van der Waals surface area contributed by atoms with E-state index in [1.165, 1.54) is 25.9 Å². The van der Waals surface area contributed by atoms with E-state index < -0.39 is 0 Å². The molecule has 1 atom stereocenters. The third kappa shape index (κ3) is 2.04. The molecule has 4 rings (SSSR count). The molecular formula is C13H22N2O2. The van der Waals surface area contributed by atoms with Crippen LogP contribution in [0.2, 0.25) is 0 Å². The number of fused-ring (bicyclic) bond motifs is 2. The number of hydrogen-bond acceptors (Lipinski definition) is 4. The molecule has 0 amide bonds. The van der Waals surface area contributed by atoms with Crippen LogP contribution in [0.5, 0.6) is 0 Å². The number of piperidine rings is 3. The highest BCUT2D eigenvalue weighted by Crippen LogP contribution is 2.41. The maximum absolute atomic E-state index is 5.86.